The number of nitro groups is 1. The maximum atomic E-state index is 11.7. The van der Waals surface area contributed by atoms with Crippen LogP contribution in [0.1, 0.15) is 22.8 Å². The highest BCUT2D eigenvalue weighted by Gasteiger charge is 2.14. The molecule has 0 spiro atoms. The first-order valence-electron chi connectivity index (χ1n) is 6.14. The zero-order valence-electron chi connectivity index (χ0n) is 11.2. The van der Waals surface area contributed by atoms with Gasteiger partial charge in [-0.2, -0.15) is 0 Å². The third-order valence-electron chi connectivity index (χ3n) is 2.89. The lowest BCUT2D eigenvalue weighted by Crippen LogP contribution is -1.98. The maximum Gasteiger partial charge on any atom is 0.270 e. The fourth-order valence-corrected chi connectivity index (χ4v) is 3.17. The standard InChI is InChI=1S/C15H12ClNO3S/c1-10(18)13-8-12(17(19)20)6-7-15(13)21-9-11-4-2-3-5-14(11)16/h2-8H,9H2,1H3. The van der Waals surface area contributed by atoms with E-state index in [1.807, 2.05) is 18.2 Å². The first-order valence-corrected chi connectivity index (χ1v) is 7.51. The molecule has 0 aliphatic carbocycles. The molecular formula is C15H12ClNO3S. The van der Waals surface area contributed by atoms with Gasteiger partial charge in [0.15, 0.2) is 5.78 Å². The second-order valence-corrected chi connectivity index (χ2v) is 5.80. The van der Waals surface area contributed by atoms with Crippen LogP contribution in [-0.4, -0.2) is 10.7 Å². The quantitative estimate of drug-likeness (QED) is 0.345. The van der Waals surface area contributed by atoms with E-state index in [9.17, 15) is 14.9 Å². The Hall–Kier alpha value is -1.85. The molecule has 2 aromatic carbocycles. The highest BCUT2D eigenvalue weighted by molar-refractivity contribution is 7.98. The fraction of sp³-hybridized carbons (Fsp3) is 0.133. The number of nitro benzene ring substituents is 1. The van der Waals surface area contributed by atoms with Crippen LogP contribution in [0, 0.1) is 10.1 Å². The van der Waals surface area contributed by atoms with E-state index in [4.69, 9.17) is 11.6 Å². The largest absolute Gasteiger partial charge is 0.294 e. The molecule has 0 saturated carbocycles. The number of benzene rings is 2. The summed E-state index contributed by atoms with van der Waals surface area (Å²) < 4.78 is 0. The van der Waals surface area contributed by atoms with Gasteiger partial charge in [-0.15, -0.1) is 11.8 Å². The van der Waals surface area contributed by atoms with Crippen molar-refractivity contribution in [2.24, 2.45) is 0 Å². The van der Waals surface area contributed by atoms with Gasteiger partial charge >= 0.3 is 0 Å². The second kappa shape index (κ2) is 6.74. The van der Waals surface area contributed by atoms with E-state index in [2.05, 4.69) is 0 Å². The van der Waals surface area contributed by atoms with Crippen LogP contribution in [0.4, 0.5) is 5.69 Å². The molecule has 0 aliphatic heterocycles. The number of non-ortho nitro benzene ring substituents is 1. The summed E-state index contributed by atoms with van der Waals surface area (Å²) in [4.78, 5) is 22.6. The number of halogens is 1. The molecule has 0 aliphatic rings. The molecule has 2 rings (SSSR count). The summed E-state index contributed by atoms with van der Waals surface area (Å²) in [6, 6.07) is 11.8. The van der Waals surface area contributed by atoms with Crippen molar-refractivity contribution in [3.05, 3.63) is 68.7 Å². The van der Waals surface area contributed by atoms with Crippen LogP contribution in [0.3, 0.4) is 0 Å². The Morgan fingerprint density at radius 1 is 1.29 bits per heavy atom. The molecule has 0 heterocycles. The Balaban J connectivity index is 2.26. The minimum atomic E-state index is -0.505. The molecule has 108 valence electrons. The summed E-state index contributed by atoms with van der Waals surface area (Å²) in [6.07, 6.45) is 0. The van der Waals surface area contributed by atoms with E-state index >= 15 is 0 Å². The van der Waals surface area contributed by atoms with Crippen molar-refractivity contribution in [2.75, 3.05) is 0 Å². The molecule has 0 amide bonds. The predicted molar refractivity (Wildman–Crippen MR) is 84.1 cm³/mol. The number of hydrogen-bond acceptors (Lipinski definition) is 4. The minimum absolute atomic E-state index is 0.0812. The van der Waals surface area contributed by atoms with Gasteiger partial charge < -0.3 is 0 Å². The normalized spacial score (nSPS) is 10.4. The number of Topliss-reactive ketones (excluding diaryl/α,β-unsaturated/α-hetero) is 1. The fourth-order valence-electron chi connectivity index (χ4n) is 1.80. The lowest BCUT2D eigenvalue weighted by molar-refractivity contribution is -0.384. The van der Waals surface area contributed by atoms with Gasteiger partial charge in [0.05, 0.1) is 4.92 Å². The number of ketones is 1. The van der Waals surface area contributed by atoms with Crippen LogP contribution >= 0.6 is 23.4 Å². The minimum Gasteiger partial charge on any atom is -0.294 e. The number of hydrogen-bond donors (Lipinski definition) is 0. The Morgan fingerprint density at radius 2 is 2.00 bits per heavy atom. The second-order valence-electron chi connectivity index (χ2n) is 4.37. The van der Waals surface area contributed by atoms with Crippen molar-refractivity contribution in [1.29, 1.82) is 0 Å². The lowest BCUT2D eigenvalue weighted by atomic mass is 10.1. The average molecular weight is 322 g/mol. The van der Waals surface area contributed by atoms with E-state index < -0.39 is 4.92 Å². The monoisotopic (exact) mass is 321 g/mol. The molecule has 4 nitrogen and oxygen atoms in total. The Labute approximate surface area is 131 Å². The van der Waals surface area contributed by atoms with Gasteiger partial charge in [-0.1, -0.05) is 29.8 Å². The highest BCUT2D eigenvalue weighted by Crippen LogP contribution is 2.31. The third kappa shape index (κ3) is 3.83. The predicted octanol–water partition coefficient (Wildman–Crippen LogP) is 4.74. The molecule has 0 saturated heterocycles. The first-order chi connectivity index (χ1) is 9.99. The van der Waals surface area contributed by atoms with Crippen molar-refractivity contribution in [3.8, 4) is 0 Å². The summed E-state index contributed by atoms with van der Waals surface area (Å²) in [6.45, 7) is 1.40. The molecule has 6 heteroatoms. The molecular weight excluding hydrogens is 310 g/mol. The Bertz CT molecular complexity index is 703. The van der Waals surface area contributed by atoms with Gasteiger partial charge in [-0.25, -0.2) is 0 Å². The van der Waals surface area contributed by atoms with Crippen LogP contribution in [-0.2, 0) is 5.75 Å². The molecule has 21 heavy (non-hydrogen) atoms. The number of carbonyl (C=O) groups is 1. The summed E-state index contributed by atoms with van der Waals surface area (Å²) >= 11 is 7.53. The van der Waals surface area contributed by atoms with Crippen LogP contribution < -0.4 is 0 Å². The smallest absolute Gasteiger partial charge is 0.270 e. The van der Waals surface area contributed by atoms with Gasteiger partial charge in [0, 0.05) is 33.4 Å². The van der Waals surface area contributed by atoms with Gasteiger partial charge in [0.25, 0.3) is 5.69 Å². The van der Waals surface area contributed by atoms with Gasteiger partial charge in [0.2, 0.25) is 0 Å². The van der Waals surface area contributed by atoms with Crippen molar-refractivity contribution in [1.82, 2.24) is 0 Å². The molecule has 0 radical (unpaired) electrons. The van der Waals surface area contributed by atoms with Crippen LogP contribution in [0.25, 0.3) is 0 Å². The Kier molecular flexibility index (Phi) is 4.98. The van der Waals surface area contributed by atoms with E-state index in [0.717, 1.165) is 5.56 Å². The molecule has 0 aromatic heterocycles. The zero-order chi connectivity index (χ0) is 15.4. The van der Waals surface area contributed by atoms with Crippen molar-refractivity contribution in [3.63, 3.8) is 0 Å². The molecule has 2 aromatic rings. The van der Waals surface area contributed by atoms with Crippen LogP contribution in [0.15, 0.2) is 47.4 Å². The third-order valence-corrected chi connectivity index (χ3v) is 4.39. The van der Waals surface area contributed by atoms with Crippen molar-refractivity contribution < 1.29 is 9.72 Å². The summed E-state index contributed by atoms with van der Waals surface area (Å²) in [5.41, 5.74) is 1.24. The number of nitrogens with zero attached hydrogens (tertiary/aromatic N) is 1. The van der Waals surface area contributed by atoms with E-state index in [-0.39, 0.29) is 11.5 Å². The van der Waals surface area contributed by atoms with E-state index in [1.54, 1.807) is 12.1 Å². The van der Waals surface area contributed by atoms with Gasteiger partial charge in [-0.05, 0) is 24.6 Å². The van der Waals surface area contributed by atoms with E-state index in [1.165, 1.54) is 30.8 Å². The van der Waals surface area contributed by atoms with E-state index in [0.29, 0.717) is 21.2 Å². The molecule has 0 N–H and O–H groups in total. The molecule has 0 bridgehead atoms. The van der Waals surface area contributed by atoms with Crippen molar-refractivity contribution in [2.45, 2.75) is 17.6 Å². The highest BCUT2D eigenvalue weighted by atomic mass is 35.5. The molecule has 0 fully saturated rings. The zero-order valence-corrected chi connectivity index (χ0v) is 12.8. The summed E-state index contributed by atoms with van der Waals surface area (Å²) in [5.74, 6) is 0.401. The summed E-state index contributed by atoms with van der Waals surface area (Å²) in [7, 11) is 0. The topological polar surface area (TPSA) is 60.2 Å². The summed E-state index contributed by atoms with van der Waals surface area (Å²) in [5, 5.41) is 11.4. The maximum absolute atomic E-state index is 11.7. The molecule has 0 unspecified atom stereocenters. The van der Waals surface area contributed by atoms with Gasteiger partial charge in [0.1, 0.15) is 0 Å². The number of rotatable bonds is 5. The SMILES string of the molecule is CC(=O)c1cc([N+](=O)[O-])ccc1SCc1ccccc1Cl. The van der Waals surface area contributed by atoms with Crippen LogP contribution in [0.2, 0.25) is 5.02 Å². The lowest BCUT2D eigenvalue weighted by Gasteiger charge is -2.08. The number of thioether (sulfide) groups is 1. The first kappa shape index (κ1) is 15.5. The average Bonchev–Trinajstić information content (AvgIpc) is 2.46. The van der Waals surface area contributed by atoms with Crippen LogP contribution in [0.5, 0.6) is 0 Å². The molecule has 0 atom stereocenters. The number of carbonyl (C=O) groups excluding carboxylic acids is 1. The van der Waals surface area contributed by atoms with Gasteiger partial charge in [-0.3, -0.25) is 14.9 Å². The van der Waals surface area contributed by atoms with Crippen molar-refractivity contribution >= 4 is 34.8 Å². The Morgan fingerprint density at radius 3 is 2.62 bits per heavy atom.